The van der Waals surface area contributed by atoms with E-state index in [9.17, 15) is 13.2 Å². The van der Waals surface area contributed by atoms with Crippen molar-refractivity contribution < 1.29 is 13.2 Å². The Labute approximate surface area is 106 Å². The smallest absolute Gasteiger partial charge is 0.160 e. The van der Waals surface area contributed by atoms with Gasteiger partial charge in [0.15, 0.2) is 0 Å². The third-order valence-electron chi connectivity index (χ3n) is 1.39. The van der Waals surface area contributed by atoms with Crippen molar-refractivity contribution in [1.29, 1.82) is 0 Å². The van der Waals surface area contributed by atoms with Crippen molar-refractivity contribution in [3.8, 4) is 0 Å². The highest BCUT2D eigenvalue weighted by Crippen LogP contribution is 2.36. The monoisotopic (exact) mass is 360 g/mol. The molecule has 0 saturated heterocycles. The first-order valence-corrected chi connectivity index (χ1v) is 6.15. The van der Waals surface area contributed by atoms with E-state index < -0.39 is 5.51 Å². The summed E-state index contributed by atoms with van der Waals surface area (Å²) in [6.07, 6.45) is 1.75. The van der Waals surface area contributed by atoms with Gasteiger partial charge in [-0.2, -0.15) is 13.2 Å². The van der Waals surface area contributed by atoms with E-state index in [2.05, 4.69) is 31.9 Å². The molecule has 0 N–H and O–H groups in total. The summed E-state index contributed by atoms with van der Waals surface area (Å²) >= 11 is 6.23. The van der Waals surface area contributed by atoms with Crippen LogP contribution in [0.2, 0.25) is 0 Å². The molecule has 6 heteroatoms. The second-order valence-corrected chi connectivity index (χ2v) is 6.46. The molecule has 1 aromatic carbocycles. The topological polar surface area (TPSA) is 0 Å². The van der Waals surface area contributed by atoms with Crippen LogP contribution >= 0.6 is 43.6 Å². The van der Waals surface area contributed by atoms with Crippen molar-refractivity contribution in [2.45, 2.75) is 10.4 Å². The number of benzene rings is 1. The van der Waals surface area contributed by atoms with Gasteiger partial charge in [-0.1, -0.05) is 12.1 Å². The number of hydrogen-bond donors (Lipinski definition) is 0. The van der Waals surface area contributed by atoms with E-state index in [1.165, 1.54) is 12.1 Å². The summed E-state index contributed by atoms with van der Waals surface area (Å²) in [6, 6.07) is 6.12. The Kier molecular flexibility index (Phi) is 4.73. The predicted octanol–water partition coefficient (Wildman–Crippen LogP) is 5.39. The van der Waals surface area contributed by atoms with Gasteiger partial charge >= 0.3 is 5.51 Å². The van der Waals surface area contributed by atoms with Crippen molar-refractivity contribution in [1.82, 2.24) is 0 Å². The summed E-state index contributed by atoms with van der Waals surface area (Å²) in [7, 11) is 0. The molecular formula is C9H5Br2F3S. The van der Waals surface area contributed by atoms with Gasteiger partial charge in [-0.15, -0.1) is 0 Å². The second-order valence-electron chi connectivity index (χ2n) is 2.55. The summed E-state index contributed by atoms with van der Waals surface area (Å²) in [6.45, 7) is 0. The van der Waals surface area contributed by atoms with Gasteiger partial charge in [-0.25, -0.2) is 0 Å². The van der Waals surface area contributed by atoms with E-state index in [-0.39, 0.29) is 16.7 Å². The average Bonchev–Trinajstić information content (AvgIpc) is 2.05. The molecule has 0 aromatic heterocycles. The van der Waals surface area contributed by atoms with Crippen LogP contribution in [0.25, 0.3) is 6.08 Å². The van der Waals surface area contributed by atoms with Crippen LogP contribution < -0.4 is 0 Å². The average molecular weight is 362 g/mol. The number of halogens is 5. The van der Waals surface area contributed by atoms with Gasteiger partial charge in [0.2, 0.25) is 0 Å². The van der Waals surface area contributed by atoms with E-state index in [1.54, 1.807) is 18.2 Å². The fourth-order valence-corrected chi connectivity index (χ4v) is 1.96. The Bertz CT molecular complexity index is 353. The van der Waals surface area contributed by atoms with Crippen LogP contribution in [-0.2, 0) is 0 Å². The van der Waals surface area contributed by atoms with Gasteiger partial charge in [0.1, 0.15) is 0 Å². The van der Waals surface area contributed by atoms with Crippen LogP contribution in [0, 0.1) is 0 Å². The molecule has 0 atom stereocenters. The molecule has 0 nitrogen and oxygen atoms in total. The maximum absolute atomic E-state index is 12.0. The summed E-state index contributed by atoms with van der Waals surface area (Å²) in [5, 5.41) is 0. The summed E-state index contributed by atoms with van der Waals surface area (Å²) in [5.41, 5.74) is -3.40. The SMILES string of the molecule is FC(F)(F)Sc1ccc(C=C(Br)Br)cc1. The summed E-state index contributed by atoms with van der Waals surface area (Å²) in [4.78, 5) is 0.186. The Balaban J connectivity index is 2.77. The lowest BCUT2D eigenvalue weighted by Gasteiger charge is -2.05. The maximum Gasteiger partial charge on any atom is 0.446 e. The van der Waals surface area contributed by atoms with E-state index in [1.807, 2.05) is 0 Å². The van der Waals surface area contributed by atoms with E-state index in [0.29, 0.717) is 0 Å². The highest BCUT2D eigenvalue weighted by molar-refractivity contribution is 9.28. The van der Waals surface area contributed by atoms with Crippen LogP contribution in [0.1, 0.15) is 5.56 Å². The highest BCUT2D eigenvalue weighted by atomic mass is 79.9. The molecule has 0 bridgehead atoms. The minimum atomic E-state index is -4.23. The third-order valence-corrected chi connectivity index (χ3v) is 2.59. The van der Waals surface area contributed by atoms with Gasteiger partial charge in [-0.3, -0.25) is 0 Å². The molecule has 82 valence electrons. The van der Waals surface area contributed by atoms with E-state index >= 15 is 0 Å². The standard InChI is InChI=1S/C9H5Br2F3S/c10-8(11)5-6-1-3-7(4-2-6)15-9(12,13)14/h1-5H. The molecule has 0 saturated carbocycles. The van der Waals surface area contributed by atoms with Gasteiger partial charge < -0.3 is 0 Å². The fraction of sp³-hybridized carbons (Fsp3) is 0.111. The Morgan fingerprint density at radius 3 is 2.07 bits per heavy atom. The van der Waals surface area contributed by atoms with Crippen LogP contribution in [0.5, 0.6) is 0 Å². The summed E-state index contributed by atoms with van der Waals surface area (Å²) < 4.78 is 36.7. The molecule has 0 spiro atoms. The largest absolute Gasteiger partial charge is 0.446 e. The quantitative estimate of drug-likeness (QED) is 0.636. The second kappa shape index (κ2) is 5.41. The molecule has 15 heavy (non-hydrogen) atoms. The third kappa shape index (κ3) is 5.63. The van der Waals surface area contributed by atoms with Crippen molar-refractivity contribution in [2.24, 2.45) is 0 Å². The van der Waals surface area contributed by atoms with Crippen LogP contribution in [-0.4, -0.2) is 5.51 Å². The van der Waals surface area contributed by atoms with Crippen LogP contribution in [0.15, 0.2) is 32.6 Å². The number of hydrogen-bond acceptors (Lipinski definition) is 1. The molecule has 0 amide bonds. The first kappa shape index (κ1) is 13.1. The van der Waals surface area contributed by atoms with Gasteiger partial charge in [0.05, 0.1) is 3.39 Å². The van der Waals surface area contributed by atoms with Crippen molar-refractivity contribution in [2.75, 3.05) is 0 Å². The lowest BCUT2D eigenvalue weighted by Crippen LogP contribution is -1.98. The highest BCUT2D eigenvalue weighted by Gasteiger charge is 2.28. The molecule has 0 heterocycles. The molecule has 0 radical (unpaired) electrons. The van der Waals surface area contributed by atoms with E-state index in [4.69, 9.17) is 0 Å². The van der Waals surface area contributed by atoms with Crippen molar-refractivity contribution in [3.63, 3.8) is 0 Å². The van der Waals surface area contributed by atoms with Crippen molar-refractivity contribution >= 4 is 49.7 Å². The molecule has 1 rings (SSSR count). The van der Waals surface area contributed by atoms with E-state index in [0.717, 1.165) is 8.96 Å². The zero-order chi connectivity index (χ0) is 11.5. The number of rotatable bonds is 2. The first-order valence-electron chi connectivity index (χ1n) is 3.75. The van der Waals surface area contributed by atoms with Crippen molar-refractivity contribution in [3.05, 3.63) is 33.2 Å². The fourth-order valence-electron chi connectivity index (χ4n) is 0.892. The van der Waals surface area contributed by atoms with Gasteiger partial charge in [-0.05, 0) is 67.4 Å². The molecular weight excluding hydrogens is 357 g/mol. The van der Waals surface area contributed by atoms with Crippen LogP contribution in [0.4, 0.5) is 13.2 Å². The molecule has 0 unspecified atom stereocenters. The lowest BCUT2D eigenvalue weighted by atomic mass is 10.2. The lowest BCUT2D eigenvalue weighted by molar-refractivity contribution is -0.0328. The molecule has 0 aliphatic carbocycles. The Morgan fingerprint density at radius 1 is 1.13 bits per heavy atom. The maximum atomic E-state index is 12.0. The normalized spacial score (nSPS) is 11.3. The minimum Gasteiger partial charge on any atom is -0.160 e. The molecule has 0 aliphatic rings. The number of thioether (sulfide) groups is 1. The molecule has 1 aromatic rings. The zero-order valence-electron chi connectivity index (χ0n) is 7.18. The zero-order valence-corrected chi connectivity index (χ0v) is 11.2. The van der Waals surface area contributed by atoms with Gasteiger partial charge in [0.25, 0.3) is 0 Å². The summed E-state index contributed by atoms with van der Waals surface area (Å²) in [5.74, 6) is 0. The number of alkyl halides is 3. The molecule has 0 aliphatic heterocycles. The Morgan fingerprint density at radius 2 is 1.67 bits per heavy atom. The van der Waals surface area contributed by atoms with Gasteiger partial charge in [0, 0.05) is 4.90 Å². The minimum absolute atomic E-state index is 0.116. The van der Waals surface area contributed by atoms with Crippen LogP contribution in [0.3, 0.4) is 0 Å². The molecule has 0 fully saturated rings. The predicted molar refractivity (Wildman–Crippen MR) is 64.2 cm³/mol. The Hall–Kier alpha value is 0.0600. The first-order chi connectivity index (χ1) is 6.87.